The van der Waals surface area contributed by atoms with Crippen LogP contribution in [0.2, 0.25) is 0 Å². The summed E-state index contributed by atoms with van der Waals surface area (Å²) in [6, 6.07) is 22.8. The summed E-state index contributed by atoms with van der Waals surface area (Å²) in [5.41, 5.74) is 7.51. The summed E-state index contributed by atoms with van der Waals surface area (Å²) in [6.45, 7) is 5.71. The number of carbonyl (C=O) groups is 1. The Labute approximate surface area is 222 Å². The third kappa shape index (κ3) is 6.42. The highest BCUT2D eigenvalue weighted by atomic mass is 32.2. The van der Waals surface area contributed by atoms with E-state index in [4.69, 9.17) is 0 Å². The zero-order chi connectivity index (χ0) is 27.3. The Hall–Kier alpha value is -4.08. The Bertz CT molecular complexity index is 1550. The molecule has 1 amide bonds. The van der Waals surface area contributed by atoms with E-state index in [2.05, 4.69) is 15.2 Å². The van der Waals surface area contributed by atoms with E-state index in [9.17, 15) is 17.6 Å². The van der Waals surface area contributed by atoms with Gasteiger partial charge in [-0.05, 0) is 68.8 Å². The van der Waals surface area contributed by atoms with Crippen molar-refractivity contribution in [1.82, 2.24) is 14.7 Å². The minimum atomic E-state index is -3.86. The smallest absolute Gasteiger partial charge is 0.242 e. The Morgan fingerprint density at radius 1 is 0.974 bits per heavy atom. The van der Waals surface area contributed by atoms with Gasteiger partial charge in [0.1, 0.15) is 5.82 Å². The molecule has 4 aromatic rings. The van der Waals surface area contributed by atoms with Crippen LogP contribution in [0.15, 0.2) is 94.9 Å². The van der Waals surface area contributed by atoms with Gasteiger partial charge in [-0.25, -0.2) is 23.0 Å². The highest BCUT2D eigenvalue weighted by Gasteiger charge is 2.23. The second-order valence-electron chi connectivity index (χ2n) is 9.03. The fraction of sp³-hybridized carbons (Fsp3) is 0.172. The largest absolute Gasteiger partial charge is 0.318 e. The van der Waals surface area contributed by atoms with Crippen molar-refractivity contribution < 1.29 is 17.6 Å². The Morgan fingerprint density at radius 2 is 1.63 bits per heavy atom. The van der Waals surface area contributed by atoms with Crippen LogP contribution in [0.25, 0.3) is 5.69 Å². The highest BCUT2D eigenvalue weighted by molar-refractivity contribution is 7.89. The predicted molar refractivity (Wildman–Crippen MR) is 146 cm³/mol. The van der Waals surface area contributed by atoms with E-state index < -0.39 is 22.0 Å². The summed E-state index contributed by atoms with van der Waals surface area (Å²) < 4.78 is 44.0. The number of aryl methyl sites for hydroxylation is 2. The molecule has 0 aliphatic carbocycles. The van der Waals surface area contributed by atoms with Crippen LogP contribution >= 0.6 is 0 Å². The second-order valence-corrected chi connectivity index (χ2v) is 10.7. The molecule has 0 radical (unpaired) electrons. The van der Waals surface area contributed by atoms with Gasteiger partial charge in [0, 0.05) is 29.1 Å². The van der Waals surface area contributed by atoms with Crippen LogP contribution in [0.3, 0.4) is 0 Å². The molecule has 0 saturated carbocycles. The lowest BCUT2D eigenvalue weighted by molar-refractivity contribution is -0.121. The van der Waals surface area contributed by atoms with Crippen molar-refractivity contribution in [3.8, 4) is 5.69 Å². The number of benzene rings is 3. The van der Waals surface area contributed by atoms with E-state index in [1.54, 1.807) is 48.5 Å². The molecule has 0 bridgehead atoms. The van der Waals surface area contributed by atoms with Crippen molar-refractivity contribution in [2.45, 2.75) is 38.1 Å². The average Bonchev–Trinajstić information content (AvgIpc) is 3.17. The van der Waals surface area contributed by atoms with Crippen LogP contribution in [0.4, 0.5) is 4.39 Å². The SMILES string of the molecule is Cc1ccc(S(=O)(=O)N[C@H](CC(=O)N/N=C\c2cc(C)n(-c3ccc(F)cc3)c2C)c2ccccc2)cc1. The highest BCUT2D eigenvalue weighted by Crippen LogP contribution is 2.22. The standard InChI is InChI=1S/C29H29FN4O3S/c1-20-9-15-27(16-10-20)38(36,37)33-28(23-7-5-4-6-8-23)18-29(35)32-31-19-24-17-21(2)34(22(24)3)26-13-11-25(30)12-14-26/h4-17,19,28,33H,18H2,1-3H3,(H,32,35)/b31-19-/t28-/m1/s1. The van der Waals surface area contributed by atoms with Gasteiger partial charge in [-0.15, -0.1) is 0 Å². The zero-order valence-corrected chi connectivity index (χ0v) is 22.2. The van der Waals surface area contributed by atoms with Crippen molar-refractivity contribution in [2.24, 2.45) is 5.10 Å². The van der Waals surface area contributed by atoms with Crippen molar-refractivity contribution in [3.63, 3.8) is 0 Å². The van der Waals surface area contributed by atoms with Gasteiger partial charge in [0.2, 0.25) is 15.9 Å². The number of aromatic nitrogens is 1. The average molecular weight is 533 g/mol. The molecule has 7 nitrogen and oxygen atoms in total. The number of sulfonamides is 1. The lowest BCUT2D eigenvalue weighted by Crippen LogP contribution is -2.32. The number of carbonyl (C=O) groups excluding carboxylic acids is 1. The molecule has 0 fully saturated rings. The number of hydrogen-bond acceptors (Lipinski definition) is 4. The summed E-state index contributed by atoms with van der Waals surface area (Å²) in [6.07, 6.45) is 1.38. The third-order valence-electron chi connectivity index (χ3n) is 6.17. The summed E-state index contributed by atoms with van der Waals surface area (Å²) in [7, 11) is -3.86. The maximum absolute atomic E-state index is 13.3. The van der Waals surface area contributed by atoms with E-state index in [1.807, 2.05) is 37.5 Å². The Morgan fingerprint density at radius 3 is 2.29 bits per heavy atom. The predicted octanol–water partition coefficient (Wildman–Crippen LogP) is 5.10. The van der Waals surface area contributed by atoms with Gasteiger partial charge in [0.15, 0.2) is 0 Å². The van der Waals surface area contributed by atoms with Gasteiger partial charge >= 0.3 is 0 Å². The minimum Gasteiger partial charge on any atom is -0.318 e. The number of amides is 1. The number of hydrogen-bond donors (Lipinski definition) is 2. The third-order valence-corrected chi connectivity index (χ3v) is 7.66. The molecule has 38 heavy (non-hydrogen) atoms. The zero-order valence-electron chi connectivity index (χ0n) is 21.4. The summed E-state index contributed by atoms with van der Waals surface area (Å²) >= 11 is 0. The molecule has 2 N–H and O–H groups in total. The van der Waals surface area contributed by atoms with Gasteiger partial charge < -0.3 is 4.57 Å². The first-order valence-corrected chi connectivity index (χ1v) is 13.5. The quantitative estimate of drug-likeness (QED) is 0.232. The van der Waals surface area contributed by atoms with Crippen molar-refractivity contribution in [1.29, 1.82) is 0 Å². The monoisotopic (exact) mass is 532 g/mol. The molecular formula is C29H29FN4O3S. The maximum Gasteiger partial charge on any atom is 0.242 e. The minimum absolute atomic E-state index is 0.124. The van der Waals surface area contributed by atoms with E-state index in [1.165, 1.54) is 30.5 Å². The first kappa shape index (κ1) is 27.0. The second kappa shape index (κ2) is 11.5. The molecular weight excluding hydrogens is 503 g/mol. The first-order valence-electron chi connectivity index (χ1n) is 12.0. The molecule has 3 aromatic carbocycles. The summed E-state index contributed by atoms with van der Waals surface area (Å²) in [5, 5.41) is 4.10. The molecule has 9 heteroatoms. The van der Waals surface area contributed by atoms with Crippen LogP contribution in [0.5, 0.6) is 0 Å². The van der Waals surface area contributed by atoms with Crippen LogP contribution in [-0.4, -0.2) is 25.1 Å². The molecule has 0 aliphatic rings. The molecule has 4 rings (SSSR count). The van der Waals surface area contributed by atoms with E-state index in [0.717, 1.165) is 28.2 Å². The molecule has 0 saturated heterocycles. The first-order chi connectivity index (χ1) is 18.1. The summed E-state index contributed by atoms with van der Waals surface area (Å²) in [4.78, 5) is 12.9. The molecule has 0 aliphatic heterocycles. The van der Waals surface area contributed by atoms with Crippen LogP contribution in [0.1, 0.15) is 40.5 Å². The Kier molecular flexibility index (Phi) is 8.19. The normalized spacial score (nSPS) is 12.5. The molecule has 1 heterocycles. The topological polar surface area (TPSA) is 92.6 Å². The van der Waals surface area contributed by atoms with Crippen LogP contribution in [-0.2, 0) is 14.8 Å². The number of hydrazone groups is 1. The molecule has 0 unspecified atom stereocenters. The van der Waals surface area contributed by atoms with Crippen molar-refractivity contribution >= 4 is 22.1 Å². The number of halogens is 1. The van der Waals surface area contributed by atoms with E-state index >= 15 is 0 Å². The van der Waals surface area contributed by atoms with E-state index in [-0.39, 0.29) is 17.1 Å². The van der Waals surface area contributed by atoms with Gasteiger partial charge in [0.05, 0.1) is 17.2 Å². The molecule has 0 spiro atoms. The van der Waals surface area contributed by atoms with Gasteiger partial charge in [-0.2, -0.15) is 5.10 Å². The van der Waals surface area contributed by atoms with Crippen LogP contribution in [0, 0.1) is 26.6 Å². The van der Waals surface area contributed by atoms with Crippen molar-refractivity contribution in [2.75, 3.05) is 0 Å². The van der Waals surface area contributed by atoms with Gasteiger partial charge in [-0.3, -0.25) is 4.79 Å². The Balaban J connectivity index is 1.48. The van der Waals surface area contributed by atoms with Crippen molar-refractivity contribution in [3.05, 3.63) is 119 Å². The lowest BCUT2D eigenvalue weighted by atomic mass is 10.0. The fourth-order valence-corrected chi connectivity index (χ4v) is 5.42. The molecule has 1 aromatic heterocycles. The summed E-state index contributed by atoms with van der Waals surface area (Å²) in [5.74, 6) is -0.760. The maximum atomic E-state index is 13.3. The number of nitrogens with zero attached hydrogens (tertiary/aromatic N) is 2. The van der Waals surface area contributed by atoms with Gasteiger partial charge in [0.25, 0.3) is 0 Å². The number of nitrogens with one attached hydrogen (secondary N) is 2. The van der Waals surface area contributed by atoms with Crippen LogP contribution < -0.4 is 10.1 Å². The van der Waals surface area contributed by atoms with E-state index in [0.29, 0.717) is 5.56 Å². The number of rotatable bonds is 9. The van der Waals surface area contributed by atoms with Gasteiger partial charge in [-0.1, -0.05) is 48.0 Å². The lowest BCUT2D eigenvalue weighted by Gasteiger charge is -2.18. The fourth-order valence-electron chi connectivity index (χ4n) is 4.20. The molecule has 1 atom stereocenters. The molecule has 196 valence electrons.